The minimum atomic E-state index is -1.19. The number of nitro benzene ring substituents is 1. The van der Waals surface area contributed by atoms with Crippen LogP contribution in [0.2, 0.25) is 0 Å². The van der Waals surface area contributed by atoms with Crippen molar-refractivity contribution in [2.75, 3.05) is 46.3 Å². The van der Waals surface area contributed by atoms with Gasteiger partial charge in [-0.2, -0.15) is 0 Å². The highest BCUT2D eigenvalue weighted by Crippen LogP contribution is 2.48. The number of carbonyl (C=O) groups excluding carboxylic acids is 2. The molecule has 0 aromatic heterocycles. The average molecular weight is 552 g/mol. The molecule has 2 unspecified atom stereocenters. The Bertz CT molecular complexity index is 1350. The lowest BCUT2D eigenvalue weighted by molar-refractivity contribution is -0.384. The lowest BCUT2D eigenvalue weighted by Gasteiger charge is -2.29. The summed E-state index contributed by atoms with van der Waals surface area (Å²) in [5.41, 5.74) is 1.39. The van der Waals surface area contributed by atoms with Crippen molar-refractivity contribution in [1.29, 1.82) is 0 Å². The number of non-ortho nitro benzene ring substituents is 1. The first kappa shape index (κ1) is 27.9. The monoisotopic (exact) mass is 551 g/mol. The standard InChI is InChI=1S/C28H29N3O7S/c1-29(2)15-16-30-23-17-22(37-4)13-14-24(23)39-26(18-7-11-21(36-3)12-8-18)25(27(30)32)38-28(33)19-5-9-20(10-6-19)31(34)35/h5-14,17,25-26H,15-16H2,1-4H3. The van der Waals surface area contributed by atoms with Crippen LogP contribution in [-0.2, 0) is 9.53 Å². The van der Waals surface area contributed by atoms with Gasteiger partial charge in [-0.1, -0.05) is 12.1 Å². The van der Waals surface area contributed by atoms with Crippen molar-refractivity contribution in [3.05, 3.63) is 88.0 Å². The zero-order chi connectivity index (χ0) is 28.1. The molecule has 0 bridgehead atoms. The van der Waals surface area contributed by atoms with Crippen LogP contribution in [-0.4, -0.2) is 69.2 Å². The van der Waals surface area contributed by atoms with Gasteiger partial charge in [-0.05, 0) is 56.1 Å². The lowest BCUT2D eigenvalue weighted by Crippen LogP contribution is -2.45. The summed E-state index contributed by atoms with van der Waals surface area (Å²) in [6.45, 7) is 0.927. The summed E-state index contributed by atoms with van der Waals surface area (Å²) >= 11 is 1.42. The number of likely N-dealkylation sites (N-methyl/N-ethyl adjacent to an activating group) is 1. The molecule has 11 heteroatoms. The number of nitrogens with zero attached hydrogens (tertiary/aromatic N) is 3. The van der Waals surface area contributed by atoms with Crippen LogP contribution in [0.15, 0.2) is 71.6 Å². The first-order chi connectivity index (χ1) is 18.7. The third-order valence-electron chi connectivity index (χ3n) is 6.26. The molecule has 4 rings (SSSR count). The van der Waals surface area contributed by atoms with Crippen LogP contribution >= 0.6 is 11.8 Å². The smallest absolute Gasteiger partial charge is 0.338 e. The SMILES string of the molecule is COc1ccc(C2Sc3ccc(OC)cc3N(CCN(C)C)C(=O)C2OC(=O)c2ccc([N+](=O)[O-])cc2)cc1. The summed E-state index contributed by atoms with van der Waals surface area (Å²) in [6.07, 6.45) is -1.19. The zero-order valence-corrected chi connectivity index (χ0v) is 22.8. The Balaban J connectivity index is 1.78. The molecule has 204 valence electrons. The first-order valence-corrected chi connectivity index (χ1v) is 13.0. The molecule has 1 amide bonds. The van der Waals surface area contributed by atoms with E-state index in [-0.39, 0.29) is 17.2 Å². The van der Waals surface area contributed by atoms with Gasteiger partial charge in [0.25, 0.3) is 11.6 Å². The van der Waals surface area contributed by atoms with Gasteiger partial charge in [0, 0.05) is 36.2 Å². The Morgan fingerprint density at radius 1 is 1.00 bits per heavy atom. The van der Waals surface area contributed by atoms with Gasteiger partial charge in [0.15, 0.2) is 6.10 Å². The quantitative estimate of drug-likeness (QED) is 0.214. The lowest BCUT2D eigenvalue weighted by atomic mass is 10.0. The molecule has 3 aromatic carbocycles. The Labute approximate surface area is 230 Å². The van der Waals surface area contributed by atoms with Gasteiger partial charge in [0.05, 0.1) is 35.6 Å². The van der Waals surface area contributed by atoms with Gasteiger partial charge in [0.2, 0.25) is 0 Å². The number of hydrogen-bond donors (Lipinski definition) is 0. The Hall–Kier alpha value is -4.09. The predicted molar refractivity (Wildman–Crippen MR) is 148 cm³/mol. The summed E-state index contributed by atoms with van der Waals surface area (Å²) in [6, 6.07) is 17.9. The molecule has 10 nitrogen and oxygen atoms in total. The van der Waals surface area contributed by atoms with Gasteiger partial charge >= 0.3 is 5.97 Å². The maximum absolute atomic E-state index is 14.2. The number of nitro groups is 1. The van der Waals surface area contributed by atoms with E-state index in [1.54, 1.807) is 31.3 Å². The fraction of sp³-hybridized carbons (Fsp3) is 0.286. The van der Waals surface area contributed by atoms with E-state index in [4.69, 9.17) is 14.2 Å². The molecule has 0 N–H and O–H groups in total. The second-order valence-electron chi connectivity index (χ2n) is 9.07. The largest absolute Gasteiger partial charge is 0.497 e. The van der Waals surface area contributed by atoms with E-state index in [9.17, 15) is 19.7 Å². The highest BCUT2D eigenvalue weighted by atomic mass is 32.2. The number of rotatable bonds is 9. The molecule has 0 fully saturated rings. The first-order valence-electron chi connectivity index (χ1n) is 12.1. The van der Waals surface area contributed by atoms with Crippen molar-refractivity contribution in [3.63, 3.8) is 0 Å². The van der Waals surface area contributed by atoms with Crippen molar-refractivity contribution < 1.29 is 28.7 Å². The number of hydrogen-bond acceptors (Lipinski definition) is 9. The van der Waals surface area contributed by atoms with Crippen LogP contribution in [0.3, 0.4) is 0 Å². The summed E-state index contributed by atoms with van der Waals surface area (Å²) in [5, 5.41) is 10.5. The molecule has 1 aliphatic heterocycles. The average Bonchev–Trinajstić information content (AvgIpc) is 3.05. The molecule has 39 heavy (non-hydrogen) atoms. The van der Waals surface area contributed by atoms with Crippen LogP contribution < -0.4 is 14.4 Å². The van der Waals surface area contributed by atoms with Crippen LogP contribution in [0.5, 0.6) is 11.5 Å². The normalized spacial score (nSPS) is 16.8. The zero-order valence-electron chi connectivity index (χ0n) is 22.0. The van der Waals surface area contributed by atoms with Crippen molar-refractivity contribution >= 4 is 35.0 Å². The number of benzene rings is 3. The molecule has 0 saturated heterocycles. The molecule has 0 spiro atoms. The Morgan fingerprint density at radius 3 is 2.23 bits per heavy atom. The summed E-state index contributed by atoms with van der Waals surface area (Å²) in [7, 11) is 6.96. The van der Waals surface area contributed by atoms with Crippen LogP contribution in [0.25, 0.3) is 0 Å². The molecule has 2 atom stereocenters. The number of esters is 1. The summed E-state index contributed by atoms with van der Waals surface area (Å²) in [5.74, 6) is 0.117. The third-order valence-corrected chi connectivity index (χ3v) is 7.63. The molecule has 3 aromatic rings. The number of amides is 1. The number of ether oxygens (including phenoxy) is 3. The molecular weight excluding hydrogens is 522 g/mol. The molecule has 1 heterocycles. The number of fused-ring (bicyclic) bond motifs is 1. The number of methoxy groups -OCH3 is 2. The van der Waals surface area contributed by atoms with E-state index in [0.29, 0.717) is 30.3 Å². The molecule has 1 aliphatic rings. The van der Waals surface area contributed by atoms with E-state index >= 15 is 0 Å². The van der Waals surface area contributed by atoms with E-state index in [0.717, 1.165) is 10.5 Å². The summed E-state index contributed by atoms with van der Waals surface area (Å²) < 4.78 is 16.7. The Morgan fingerprint density at radius 2 is 1.64 bits per heavy atom. The van der Waals surface area contributed by atoms with E-state index in [1.165, 1.54) is 36.0 Å². The second-order valence-corrected chi connectivity index (χ2v) is 10.3. The topological polar surface area (TPSA) is 111 Å². The van der Waals surface area contributed by atoms with E-state index < -0.39 is 22.2 Å². The minimum absolute atomic E-state index is 0.107. The van der Waals surface area contributed by atoms with Crippen LogP contribution in [0.1, 0.15) is 21.2 Å². The highest BCUT2D eigenvalue weighted by Gasteiger charge is 2.41. The van der Waals surface area contributed by atoms with E-state index in [1.807, 2.05) is 49.3 Å². The van der Waals surface area contributed by atoms with Crippen LogP contribution in [0.4, 0.5) is 11.4 Å². The molecule has 0 aliphatic carbocycles. The maximum atomic E-state index is 14.2. The maximum Gasteiger partial charge on any atom is 0.338 e. The fourth-order valence-corrected chi connectivity index (χ4v) is 5.42. The number of carbonyl (C=O) groups is 2. The van der Waals surface area contributed by atoms with Gasteiger partial charge < -0.3 is 24.0 Å². The van der Waals surface area contributed by atoms with Gasteiger partial charge in [0.1, 0.15) is 11.5 Å². The van der Waals surface area contributed by atoms with Crippen molar-refractivity contribution in [2.45, 2.75) is 16.2 Å². The van der Waals surface area contributed by atoms with Gasteiger partial charge in [-0.15, -0.1) is 11.8 Å². The molecule has 0 saturated carbocycles. The van der Waals surface area contributed by atoms with Gasteiger partial charge in [-0.3, -0.25) is 14.9 Å². The van der Waals surface area contributed by atoms with Crippen molar-refractivity contribution in [2.24, 2.45) is 0 Å². The minimum Gasteiger partial charge on any atom is -0.497 e. The number of anilines is 1. The fourth-order valence-electron chi connectivity index (χ4n) is 4.12. The Kier molecular flexibility index (Phi) is 8.72. The van der Waals surface area contributed by atoms with Gasteiger partial charge in [-0.25, -0.2) is 4.79 Å². The predicted octanol–water partition coefficient (Wildman–Crippen LogP) is 4.58. The van der Waals surface area contributed by atoms with Crippen LogP contribution in [0, 0.1) is 10.1 Å². The second kappa shape index (κ2) is 12.2. The number of thioether (sulfide) groups is 1. The third kappa shape index (κ3) is 6.32. The molecule has 0 radical (unpaired) electrons. The highest BCUT2D eigenvalue weighted by molar-refractivity contribution is 7.99. The molecular formula is C28H29N3O7S. The van der Waals surface area contributed by atoms with Crippen molar-refractivity contribution in [1.82, 2.24) is 4.90 Å². The van der Waals surface area contributed by atoms with Crippen molar-refractivity contribution in [3.8, 4) is 11.5 Å². The van der Waals surface area contributed by atoms with E-state index in [2.05, 4.69) is 0 Å². The summed E-state index contributed by atoms with van der Waals surface area (Å²) in [4.78, 5) is 42.4.